The summed E-state index contributed by atoms with van der Waals surface area (Å²) >= 11 is 0. The van der Waals surface area contributed by atoms with Crippen molar-refractivity contribution in [2.75, 3.05) is 17.1 Å². The van der Waals surface area contributed by atoms with E-state index in [1.54, 1.807) is 12.1 Å². The molecule has 0 heterocycles. The maximum Gasteiger partial charge on any atom is 0.337 e. The Morgan fingerprint density at radius 3 is 2.45 bits per heavy atom. The Hall–Kier alpha value is -1.56. The second-order valence-electron chi connectivity index (χ2n) is 6.62. The topological polar surface area (TPSA) is 74.7 Å². The van der Waals surface area contributed by atoms with Crippen LogP contribution < -0.4 is 4.31 Å². The fourth-order valence-electron chi connectivity index (χ4n) is 2.68. The number of carboxylic acids is 1. The number of hydrogen-bond acceptors (Lipinski definition) is 3. The second kappa shape index (κ2) is 5.91. The lowest BCUT2D eigenvalue weighted by Gasteiger charge is -2.27. The third-order valence-corrected chi connectivity index (χ3v) is 6.33. The molecular formula is C16H23NO4S. The molecule has 0 aliphatic heterocycles. The number of carboxylic acid groups (broad SMARTS) is 1. The normalized spacial score (nSPS) is 15.6. The zero-order chi connectivity index (χ0) is 16.5. The van der Waals surface area contributed by atoms with E-state index in [9.17, 15) is 18.3 Å². The molecule has 0 saturated heterocycles. The van der Waals surface area contributed by atoms with Crippen molar-refractivity contribution >= 4 is 21.7 Å². The fourth-order valence-corrected chi connectivity index (χ4v) is 4.19. The van der Waals surface area contributed by atoms with Crippen LogP contribution in [0.3, 0.4) is 0 Å². The Morgan fingerprint density at radius 1 is 1.32 bits per heavy atom. The van der Waals surface area contributed by atoms with Gasteiger partial charge in [0.05, 0.1) is 17.0 Å². The summed E-state index contributed by atoms with van der Waals surface area (Å²) in [5.74, 6) is -0.490. The van der Waals surface area contributed by atoms with Crippen molar-refractivity contribution in [2.24, 2.45) is 11.3 Å². The largest absolute Gasteiger partial charge is 0.478 e. The molecule has 122 valence electrons. The smallest absolute Gasteiger partial charge is 0.337 e. The van der Waals surface area contributed by atoms with Crippen molar-refractivity contribution in [1.82, 2.24) is 0 Å². The van der Waals surface area contributed by atoms with Crippen molar-refractivity contribution in [3.63, 3.8) is 0 Å². The monoisotopic (exact) mass is 325 g/mol. The van der Waals surface area contributed by atoms with E-state index in [-0.39, 0.29) is 22.4 Å². The zero-order valence-electron chi connectivity index (χ0n) is 13.2. The van der Waals surface area contributed by atoms with E-state index in [4.69, 9.17) is 0 Å². The van der Waals surface area contributed by atoms with Crippen LogP contribution in [0.2, 0.25) is 0 Å². The standard InChI is InChI=1S/C16H23NO4S/c1-16(2,12-8-9-12)10-11-22(20,21)17(3)14-7-5-4-6-13(14)15(18)19/h4-7,12H,8-11H2,1-3H3,(H,18,19). The minimum Gasteiger partial charge on any atom is -0.478 e. The van der Waals surface area contributed by atoms with Crippen LogP contribution in [0, 0.1) is 11.3 Å². The van der Waals surface area contributed by atoms with Gasteiger partial charge in [-0.15, -0.1) is 0 Å². The van der Waals surface area contributed by atoms with Crippen LogP contribution >= 0.6 is 0 Å². The molecule has 1 saturated carbocycles. The van der Waals surface area contributed by atoms with Crippen molar-refractivity contribution in [3.8, 4) is 0 Å². The number of anilines is 1. The Balaban J connectivity index is 2.17. The maximum atomic E-state index is 12.5. The molecule has 1 fully saturated rings. The molecule has 0 radical (unpaired) electrons. The molecule has 1 aliphatic carbocycles. The summed E-state index contributed by atoms with van der Waals surface area (Å²) < 4.78 is 26.2. The van der Waals surface area contributed by atoms with E-state index in [2.05, 4.69) is 13.8 Å². The number of carbonyl (C=O) groups is 1. The van der Waals surface area contributed by atoms with E-state index >= 15 is 0 Å². The first-order valence-electron chi connectivity index (χ1n) is 7.44. The molecule has 1 aromatic carbocycles. The van der Waals surface area contributed by atoms with Gasteiger partial charge >= 0.3 is 5.97 Å². The summed E-state index contributed by atoms with van der Waals surface area (Å²) in [4.78, 5) is 11.2. The van der Waals surface area contributed by atoms with Gasteiger partial charge in [0.1, 0.15) is 0 Å². The van der Waals surface area contributed by atoms with Gasteiger partial charge in [0.15, 0.2) is 0 Å². The fraction of sp³-hybridized carbons (Fsp3) is 0.562. The Bertz CT molecular complexity index is 662. The van der Waals surface area contributed by atoms with E-state index < -0.39 is 16.0 Å². The first-order chi connectivity index (χ1) is 10.1. The Morgan fingerprint density at radius 2 is 1.91 bits per heavy atom. The highest BCUT2D eigenvalue weighted by Gasteiger charge is 2.38. The van der Waals surface area contributed by atoms with Crippen LogP contribution in [0.25, 0.3) is 0 Å². The van der Waals surface area contributed by atoms with Gasteiger partial charge in [0.25, 0.3) is 0 Å². The molecule has 22 heavy (non-hydrogen) atoms. The van der Waals surface area contributed by atoms with Crippen LogP contribution in [0.4, 0.5) is 5.69 Å². The lowest BCUT2D eigenvalue weighted by atomic mass is 9.85. The van der Waals surface area contributed by atoms with Gasteiger partial charge in [0.2, 0.25) is 10.0 Å². The molecule has 1 N–H and O–H groups in total. The lowest BCUT2D eigenvalue weighted by Crippen LogP contribution is -2.32. The number of nitrogens with zero attached hydrogens (tertiary/aromatic N) is 1. The molecule has 6 heteroatoms. The van der Waals surface area contributed by atoms with Gasteiger partial charge < -0.3 is 5.11 Å². The van der Waals surface area contributed by atoms with Crippen LogP contribution in [-0.2, 0) is 10.0 Å². The summed E-state index contributed by atoms with van der Waals surface area (Å²) in [6, 6.07) is 6.16. The van der Waals surface area contributed by atoms with Gasteiger partial charge in [-0.25, -0.2) is 13.2 Å². The van der Waals surface area contributed by atoms with Crippen LogP contribution in [0.5, 0.6) is 0 Å². The summed E-state index contributed by atoms with van der Waals surface area (Å²) in [6.45, 7) is 4.21. The molecule has 1 aliphatic rings. The van der Waals surface area contributed by atoms with E-state index in [1.807, 2.05) is 0 Å². The summed E-state index contributed by atoms with van der Waals surface area (Å²) in [5, 5.41) is 9.20. The molecule has 0 spiro atoms. The molecule has 2 rings (SSSR count). The van der Waals surface area contributed by atoms with Gasteiger partial charge in [-0.05, 0) is 42.7 Å². The van der Waals surface area contributed by atoms with Gasteiger partial charge in [-0.3, -0.25) is 4.31 Å². The highest BCUT2D eigenvalue weighted by molar-refractivity contribution is 7.92. The second-order valence-corrected chi connectivity index (χ2v) is 8.74. The van der Waals surface area contributed by atoms with Gasteiger partial charge in [0, 0.05) is 7.05 Å². The van der Waals surface area contributed by atoms with Crippen LogP contribution in [0.1, 0.15) is 43.5 Å². The lowest BCUT2D eigenvalue weighted by molar-refractivity contribution is 0.0698. The molecule has 0 aromatic heterocycles. The van der Waals surface area contributed by atoms with E-state index in [1.165, 1.54) is 32.0 Å². The zero-order valence-corrected chi connectivity index (χ0v) is 14.1. The number of para-hydroxylation sites is 1. The minimum atomic E-state index is -3.54. The molecule has 0 unspecified atom stereocenters. The van der Waals surface area contributed by atoms with Crippen LogP contribution in [-0.4, -0.2) is 32.3 Å². The molecule has 0 amide bonds. The van der Waals surface area contributed by atoms with Crippen molar-refractivity contribution < 1.29 is 18.3 Å². The highest BCUT2D eigenvalue weighted by atomic mass is 32.2. The summed E-state index contributed by atoms with van der Waals surface area (Å²) in [6.07, 6.45) is 2.93. The summed E-state index contributed by atoms with van der Waals surface area (Å²) in [7, 11) is -2.12. The average Bonchev–Trinajstić information content (AvgIpc) is 3.29. The molecule has 0 bridgehead atoms. The van der Waals surface area contributed by atoms with Crippen molar-refractivity contribution in [1.29, 1.82) is 0 Å². The van der Waals surface area contributed by atoms with Crippen LogP contribution in [0.15, 0.2) is 24.3 Å². The molecule has 0 atom stereocenters. The molecule has 5 nitrogen and oxygen atoms in total. The highest BCUT2D eigenvalue weighted by Crippen LogP contribution is 2.47. The van der Waals surface area contributed by atoms with Gasteiger partial charge in [-0.2, -0.15) is 0 Å². The summed E-state index contributed by atoms with van der Waals surface area (Å²) in [5.41, 5.74) is 0.217. The predicted molar refractivity (Wildman–Crippen MR) is 86.7 cm³/mol. The first kappa shape index (κ1) is 16.8. The van der Waals surface area contributed by atoms with E-state index in [0.29, 0.717) is 12.3 Å². The van der Waals surface area contributed by atoms with E-state index in [0.717, 1.165) is 4.31 Å². The van der Waals surface area contributed by atoms with Crippen molar-refractivity contribution in [3.05, 3.63) is 29.8 Å². The van der Waals surface area contributed by atoms with Crippen molar-refractivity contribution in [2.45, 2.75) is 33.1 Å². The predicted octanol–water partition coefficient (Wildman–Crippen LogP) is 2.98. The third-order valence-electron chi connectivity index (χ3n) is 4.58. The quantitative estimate of drug-likeness (QED) is 0.836. The third kappa shape index (κ3) is 3.61. The molecule has 1 aromatic rings. The van der Waals surface area contributed by atoms with Gasteiger partial charge in [-0.1, -0.05) is 26.0 Å². The Labute approximate surface area is 132 Å². The minimum absolute atomic E-state index is 0.00460. The number of aromatic carboxylic acids is 1. The number of benzene rings is 1. The number of rotatable bonds is 7. The Kier molecular flexibility index (Phi) is 4.52. The first-order valence-corrected chi connectivity index (χ1v) is 9.05. The number of hydrogen-bond donors (Lipinski definition) is 1. The average molecular weight is 325 g/mol. The molecular weight excluding hydrogens is 302 g/mol. The maximum absolute atomic E-state index is 12.5. The number of sulfonamides is 1. The SMILES string of the molecule is CN(c1ccccc1C(=O)O)S(=O)(=O)CCC(C)(C)C1CC1.